The van der Waals surface area contributed by atoms with Crippen LogP contribution in [0.4, 0.5) is 5.69 Å². The van der Waals surface area contributed by atoms with Gasteiger partial charge in [-0.05, 0) is 17.7 Å². The molecule has 0 unspecified atom stereocenters. The van der Waals surface area contributed by atoms with Gasteiger partial charge < -0.3 is 9.64 Å². The maximum absolute atomic E-state index is 11.1. The first-order chi connectivity index (χ1) is 7.71. The van der Waals surface area contributed by atoms with E-state index in [2.05, 4.69) is 30.0 Å². The topological polar surface area (TPSA) is 29.5 Å². The molecule has 0 aromatic heterocycles. The zero-order valence-electron chi connectivity index (χ0n) is 9.09. The van der Waals surface area contributed by atoms with Crippen LogP contribution in [-0.4, -0.2) is 24.8 Å². The van der Waals surface area contributed by atoms with Crippen LogP contribution in [0.15, 0.2) is 24.3 Å². The number of carbonyl (C=O) groups excluding carboxylic acids is 1. The van der Waals surface area contributed by atoms with E-state index in [0.29, 0.717) is 18.2 Å². The van der Waals surface area contributed by atoms with Crippen molar-refractivity contribution in [2.24, 2.45) is 0 Å². The summed E-state index contributed by atoms with van der Waals surface area (Å²) in [5.41, 5.74) is 1.98. The molecule has 0 saturated carbocycles. The Labute approximate surface area is 107 Å². The molecule has 0 fully saturated rings. The van der Waals surface area contributed by atoms with Crippen LogP contribution in [0.25, 0.3) is 0 Å². The second-order valence-electron chi connectivity index (χ2n) is 3.24. The van der Waals surface area contributed by atoms with E-state index in [1.165, 1.54) is 7.11 Å². The van der Waals surface area contributed by atoms with Gasteiger partial charge in [0.1, 0.15) is 0 Å². The third-order valence-corrected chi connectivity index (χ3v) is 2.90. The van der Waals surface area contributed by atoms with Gasteiger partial charge in [0.05, 0.1) is 25.3 Å². The first-order valence-corrected chi connectivity index (χ1v) is 6.10. The lowest BCUT2D eigenvalue weighted by atomic mass is 10.1. The zero-order valence-corrected chi connectivity index (χ0v) is 10.9. The average Bonchev–Trinajstić information content (AvgIpc) is 2.32. The number of ether oxygens (including phenoxy) is 1. The van der Waals surface area contributed by atoms with Crippen LogP contribution in [-0.2, 0) is 16.0 Å². The highest BCUT2D eigenvalue weighted by atomic mass is 32.1. The van der Waals surface area contributed by atoms with Crippen LogP contribution < -0.4 is 4.90 Å². The molecule has 1 aromatic carbocycles. The van der Waals surface area contributed by atoms with Crippen molar-refractivity contribution in [1.29, 1.82) is 0 Å². The van der Waals surface area contributed by atoms with Crippen molar-refractivity contribution in [3.63, 3.8) is 0 Å². The van der Waals surface area contributed by atoms with Crippen LogP contribution in [0.2, 0.25) is 0 Å². The Morgan fingerprint density at radius 1 is 1.25 bits per heavy atom. The molecule has 3 nitrogen and oxygen atoms in total. The molecular formula is C11H15NO2S2. The van der Waals surface area contributed by atoms with E-state index in [4.69, 9.17) is 0 Å². The van der Waals surface area contributed by atoms with Gasteiger partial charge in [0.25, 0.3) is 0 Å². The van der Waals surface area contributed by atoms with Crippen LogP contribution in [0, 0.1) is 0 Å². The third-order valence-electron chi connectivity index (χ3n) is 2.22. The lowest BCUT2D eigenvalue weighted by molar-refractivity contribution is -0.139. The highest BCUT2D eigenvalue weighted by molar-refractivity contribution is 7.81. The van der Waals surface area contributed by atoms with E-state index in [0.717, 1.165) is 11.3 Å². The number of nitrogens with zero attached hydrogens (tertiary/aromatic N) is 1. The summed E-state index contributed by atoms with van der Waals surface area (Å²) >= 11 is 8.41. The first-order valence-electron chi connectivity index (χ1n) is 4.83. The highest BCUT2D eigenvalue weighted by Gasteiger charge is 2.05. The number of rotatable bonds is 5. The molecule has 0 atom stereocenters. The number of hydrogen-bond donors (Lipinski definition) is 2. The second kappa shape index (κ2) is 6.70. The summed E-state index contributed by atoms with van der Waals surface area (Å²) < 4.78 is 4.60. The fourth-order valence-electron chi connectivity index (χ4n) is 1.27. The van der Waals surface area contributed by atoms with E-state index < -0.39 is 0 Å². The minimum atomic E-state index is -0.229. The van der Waals surface area contributed by atoms with Gasteiger partial charge in [0, 0.05) is 5.69 Å². The van der Waals surface area contributed by atoms with E-state index >= 15 is 0 Å². The molecule has 0 spiro atoms. The summed E-state index contributed by atoms with van der Waals surface area (Å²) in [4.78, 5) is 13.0. The largest absolute Gasteiger partial charge is 0.469 e. The summed E-state index contributed by atoms with van der Waals surface area (Å²) in [5, 5.41) is 0. The van der Waals surface area contributed by atoms with Gasteiger partial charge in [0.2, 0.25) is 0 Å². The quantitative estimate of drug-likeness (QED) is 0.480. The predicted octanol–water partition coefficient (Wildman–Crippen LogP) is 1.98. The number of methoxy groups -OCH3 is 1. The summed E-state index contributed by atoms with van der Waals surface area (Å²) in [6, 6.07) is 7.72. The van der Waals surface area contributed by atoms with Crippen molar-refractivity contribution >= 4 is 36.9 Å². The molecule has 0 aliphatic carbocycles. The molecule has 1 aromatic rings. The molecule has 16 heavy (non-hydrogen) atoms. The van der Waals surface area contributed by atoms with E-state index in [1.54, 1.807) is 0 Å². The molecule has 0 heterocycles. The second-order valence-corrected chi connectivity index (χ2v) is 3.81. The molecule has 0 radical (unpaired) electrons. The Morgan fingerprint density at radius 2 is 1.81 bits per heavy atom. The van der Waals surface area contributed by atoms with Gasteiger partial charge in [-0.3, -0.25) is 4.79 Å². The van der Waals surface area contributed by atoms with Crippen molar-refractivity contribution in [3.8, 4) is 0 Å². The van der Waals surface area contributed by atoms with Crippen molar-refractivity contribution in [1.82, 2.24) is 0 Å². The fraction of sp³-hybridized carbons (Fsp3) is 0.364. The number of anilines is 1. The maximum Gasteiger partial charge on any atom is 0.309 e. The van der Waals surface area contributed by atoms with Crippen molar-refractivity contribution < 1.29 is 9.53 Å². The first kappa shape index (κ1) is 13.3. The summed E-state index contributed by atoms with van der Waals surface area (Å²) in [6.45, 7) is 0. The van der Waals surface area contributed by atoms with Gasteiger partial charge >= 0.3 is 5.97 Å². The lowest BCUT2D eigenvalue weighted by Gasteiger charge is -2.19. The Hall–Kier alpha value is -0.810. The highest BCUT2D eigenvalue weighted by Crippen LogP contribution is 2.16. The van der Waals surface area contributed by atoms with Gasteiger partial charge in [-0.25, -0.2) is 0 Å². The van der Waals surface area contributed by atoms with Crippen molar-refractivity contribution in [3.05, 3.63) is 29.8 Å². The van der Waals surface area contributed by atoms with Gasteiger partial charge in [0.15, 0.2) is 0 Å². The number of hydrogen-bond acceptors (Lipinski definition) is 5. The van der Waals surface area contributed by atoms with E-state index in [1.807, 2.05) is 29.2 Å². The lowest BCUT2D eigenvalue weighted by Crippen LogP contribution is -2.19. The Balaban J connectivity index is 2.70. The number of esters is 1. The van der Waals surface area contributed by atoms with E-state index in [-0.39, 0.29) is 5.97 Å². The van der Waals surface area contributed by atoms with Crippen LogP contribution in [0.3, 0.4) is 0 Å². The molecule has 0 saturated heterocycles. The molecule has 0 N–H and O–H groups in total. The van der Waals surface area contributed by atoms with Crippen LogP contribution in [0.1, 0.15) is 5.56 Å². The molecule has 0 aliphatic heterocycles. The van der Waals surface area contributed by atoms with Gasteiger partial charge in [-0.1, -0.05) is 12.1 Å². The Bertz CT molecular complexity index is 336. The smallest absolute Gasteiger partial charge is 0.309 e. The van der Waals surface area contributed by atoms with Crippen LogP contribution in [0.5, 0.6) is 0 Å². The molecule has 1 rings (SSSR count). The van der Waals surface area contributed by atoms with Crippen molar-refractivity contribution in [2.45, 2.75) is 6.42 Å². The Kier molecular flexibility index (Phi) is 5.55. The predicted molar refractivity (Wildman–Crippen MR) is 72.3 cm³/mol. The fourth-order valence-corrected chi connectivity index (χ4v) is 1.96. The normalized spacial score (nSPS) is 9.94. The number of carbonyl (C=O) groups is 1. The third kappa shape index (κ3) is 3.64. The molecule has 0 amide bonds. The van der Waals surface area contributed by atoms with Crippen LogP contribution >= 0.6 is 25.3 Å². The average molecular weight is 257 g/mol. The maximum atomic E-state index is 11.1. The number of benzene rings is 1. The van der Waals surface area contributed by atoms with Gasteiger partial charge in [-0.2, -0.15) is 25.3 Å². The molecule has 88 valence electrons. The summed E-state index contributed by atoms with van der Waals surface area (Å²) in [6.07, 6.45) is 0.304. The minimum Gasteiger partial charge on any atom is -0.469 e. The monoisotopic (exact) mass is 257 g/mol. The number of thiol groups is 2. The molecule has 0 bridgehead atoms. The standard InChI is InChI=1S/C11H15NO2S2/c1-14-11(13)6-9-2-4-10(5-3-9)12(7-15)8-16/h2-5,15-16H,6-8H2,1H3. The summed E-state index contributed by atoms with van der Waals surface area (Å²) in [5.74, 6) is 0.993. The van der Waals surface area contributed by atoms with Crippen molar-refractivity contribution in [2.75, 3.05) is 23.8 Å². The molecular weight excluding hydrogens is 242 g/mol. The molecule has 0 aliphatic rings. The Morgan fingerprint density at radius 3 is 2.25 bits per heavy atom. The minimum absolute atomic E-state index is 0.229. The zero-order chi connectivity index (χ0) is 12.0. The van der Waals surface area contributed by atoms with Gasteiger partial charge in [-0.15, -0.1) is 0 Å². The summed E-state index contributed by atoms with van der Waals surface area (Å²) in [7, 11) is 1.39. The SMILES string of the molecule is COC(=O)Cc1ccc(N(CS)CS)cc1. The molecule has 5 heteroatoms. The van der Waals surface area contributed by atoms with E-state index in [9.17, 15) is 4.79 Å².